The van der Waals surface area contributed by atoms with Gasteiger partial charge in [0.05, 0.1) is 25.1 Å². The Labute approximate surface area is 111 Å². The summed E-state index contributed by atoms with van der Waals surface area (Å²) < 4.78 is 12.3. The molecule has 0 aliphatic carbocycles. The number of nitrogen functional groups attached to an aromatic ring is 1. The minimum absolute atomic E-state index is 0.363. The number of nitrogens with two attached hydrogens (primary N) is 1. The first kappa shape index (κ1) is 12.0. The molecular weight excluding hydrogens is 242 g/mol. The second-order valence-corrected chi connectivity index (χ2v) is 4.66. The molecular formula is C14H17N3O2. The van der Waals surface area contributed by atoms with Crippen molar-refractivity contribution in [2.45, 2.75) is 12.3 Å². The van der Waals surface area contributed by atoms with Crippen molar-refractivity contribution >= 4 is 5.82 Å². The maximum atomic E-state index is 6.04. The van der Waals surface area contributed by atoms with Gasteiger partial charge in [-0.15, -0.1) is 0 Å². The first-order valence-corrected chi connectivity index (χ1v) is 6.35. The number of methoxy groups -OCH3 is 1. The first-order valence-electron chi connectivity index (χ1n) is 6.35. The minimum atomic E-state index is 0.363. The van der Waals surface area contributed by atoms with Crippen molar-refractivity contribution in [3.05, 3.63) is 36.0 Å². The molecule has 5 nitrogen and oxygen atoms in total. The van der Waals surface area contributed by atoms with Gasteiger partial charge in [-0.2, -0.15) is 5.10 Å². The van der Waals surface area contributed by atoms with Gasteiger partial charge in [-0.25, -0.2) is 4.68 Å². The topological polar surface area (TPSA) is 62.3 Å². The fraction of sp³-hybridized carbons (Fsp3) is 0.357. The van der Waals surface area contributed by atoms with E-state index in [4.69, 9.17) is 15.2 Å². The van der Waals surface area contributed by atoms with E-state index in [0.29, 0.717) is 11.7 Å². The van der Waals surface area contributed by atoms with Crippen molar-refractivity contribution in [2.75, 3.05) is 26.1 Å². The molecule has 1 aliphatic rings. The average molecular weight is 259 g/mol. The largest absolute Gasteiger partial charge is 0.497 e. The lowest BCUT2D eigenvalue weighted by molar-refractivity contribution is 0.193. The van der Waals surface area contributed by atoms with Gasteiger partial charge in [0, 0.05) is 18.6 Å². The lowest BCUT2D eigenvalue weighted by Crippen LogP contribution is -2.03. The predicted molar refractivity (Wildman–Crippen MR) is 72.7 cm³/mol. The summed E-state index contributed by atoms with van der Waals surface area (Å²) >= 11 is 0. The third kappa shape index (κ3) is 2.29. The lowest BCUT2D eigenvalue weighted by atomic mass is 10.1. The van der Waals surface area contributed by atoms with Crippen LogP contribution in [-0.2, 0) is 4.74 Å². The standard InChI is InChI=1S/C14H17N3O2/c1-18-12-4-2-11(3-5-12)17-14(15)8-13(16-17)10-6-7-19-9-10/h2-5,8,10H,6-7,9,15H2,1H3. The van der Waals surface area contributed by atoms with Crippen LogP contribution in [0.4, 0.5) is 5.82 Å². The smallest absolute Gasteiger partial charge is 0.127 e. The molecule has 0 amide bonds. The molecule has 0 bridgehead atoms. The second kappa shape index (κ2) is 4.93. The van der Waals surface area contributed by atoms with Gasteiger partial charge >= 0.3 is 0 Å². The molecule has 0 saturated carbocycles. The molecule has 1 aromatic carbocycles. The SMILES string of the molecule is COc1ccc(-n2nc(C3CCOC3)cc2N)cc1. The molecule has 2 aromatic rings. The van der Waals surface area contributed by atoms with Crippen LogP contribution >= 0.6 is 0 Å². The van der Waals surface area contributed by atoms with E-state index in [9.17, 15) is 0 Å². The summed E-state index contributed by atoms with van der Waals surface area (Å²) in [7, 11) is 1.65. The molecule has 2 heterocycles. The third-order valence-electron chi connectivity index (χ3n) is 3.42. The van der Waals surface area contributed by atoms with Crippen molar-refractivity contribution in [3.63, 3.8) is 0 Å². The van der Waals surface area contributed by atoms with E-state index in [1.807, 2.05) is 30.3 Å². The van der Waals surface area contributed by atoms with E-state index in [1.165, 1.54) is 0 Å². The first-order chi connectivity index (χ1) is 9.28. The van der Waals surface area contributed by atoms with Crippen LogP contribution in [0.5, 0.6) is 5.75 Å². The van der Waals surface area contributed by atoms with Crippen molar-refractivity contribution in [2.24, 2.45) is 0 Å². The van der Waals surface area contributed by atoms with Crippen molar-refractivity contribution in [1.82, 2.24) is 9.78 Å². The van der Waals surface area contributed by atoms with Crippen molar-refractivity contribution in [1.29, 1.82) is 0 Å². The Balaban J connectivity index is 1.90. The van der Waals surface area contributed by atoms with Gasteiger partial charge in [0.2, 0.25) is 0 Å². The zero-order valence-corrected chi connectivity index (χ0v) is 10.9. The van der Waals surface area contributed by atoms with Crippen LogP contribution in [0.15, 0.2) is 30.3 Å². The van der Waals surface area contributed by atoms with Gasteiger partial charge in [-0.05, 0) is 30.7 Å². The number of rotatable bonds is 3. The molecule has 1 aliphatic heterocycles. The van der Waals surface area contributed by atoms with Crippen molar-refractivity contribution in [3.8, 4) is 11.4 Å². The number of ether oxygens (including phenoxy) is 2. The molecule has 100 valence electrons. The Hall–Kier alpha value is -2.01. The van der Waals surface area contributed by atoms with Gasteiger partial charge < -0.3 is 15.2 Å². The van der Waals surface area contributed by atoms with Crippen LogP contribution < -0.4 is 10.5 Å². The van der Waals surface area contributed by atoms with Crippen LogP contribution in [-0.4, -0.2) is 30.1 Å². The Bertz CT molecular complexity index is 557. The molecule has 0 radical (unpaired) electrons. The maximum Gasteiger partial charge on any atom is 0.127 e. The Morgan fingerprint density at radius 1 is 1.37 bits per heavy atom. The van der Waals surface area contributed by atoms with Gasteiger partial charge in [-0.1, -0.05) is 0 Å². The van der Waals surface area contributed by atoms with Crippen LogP contribution in [0.3, 0.4) is 0 Å². The molecule has 19 heavy (non-hydrogen) atoms. The Morgan fingerprint density at radius 2 is 2.16 bits per heavy atom. The summed E-state index contributed by atoms with van der Waals surface area (Å²) in [6.07, 6.45) is 1.01. The second-order valence-electron chi connectivity index (χ2n) is 4.66. The zero-order valence-electron chi connectivity index (χ0n) is 10.9. The molecule has 1 fully saturated rings. The van der Waals surface area contributed by atoms with E-state index in [2.05, 4.69) is 5.10 Å². The maximum absolute atomic E-state index is 6.04. The fourth-order valence-electron chi connectivity index (χ4n) is 2.31. The van der Waals surface area contributed by atoms with E-state index < -0.39 is 0 Å². The summed E-state index contributed by atoms with van der Waals surface area (Å²) in [4.78, 5) is 0. The highest BCUT2D eigenvalue weighted by Crippen LogP contribution is 2.27. The summed E-state index contributed by atoms with van der Waals surface area (Å²) in [6.45, 7) is 1.54. The van der Waals surface area contributed by atoms with E-state index in [-0.39, 0.29) is 0 Å². The monoisotopic (exact) mass is 259 g/mol. The van der Waals surface area contributed by atoms with Crippen LogP contribution in [0.1, 0.15) is 18.0 Å². The highest BCUT2D eigenvalue weighted by Gasteiger charge is 2.21. The lowest BCUT2D eigenvalue weighted by Gasteiger charge is -2.06. The summed E-state index contributed by atoms with van der Waals surface area (Å²) in [5, 5.41) is 4.59. The van der Waals surface area contributed by atoms with Gasteiger partial charge in [0.15, 0.2) is 0 Å². The fourth-order valence-corrected chi connectivity index (χ4v) is 2.31. The van der Waals surface area contributed by atoms with Gasteiger partial charge in [0.25, 0.3) is 0 Å². The molecule has 1 atom stereocenters. The summed E-state index contributed by atoms with van der Waals surface area (Å²) in [6, 6.07) is 9.61. The molecule has 1 unspecified atom stereocenters. The molecule has 1 aromatic heterocycles. The van der Waals surface area contributed by atoms with Crippen LogP contribution in [0.2, 0.25) is 0 Å². The van der Waals surface area contributed by atoms with E-state index in [1.54, 1.807) is 11.8 Å². The molecule has 0 spiro atoms. The van der Waals surface area contributed by atoms with Gasteiger partial charge in [-0.3, -0.25) is 0 Å². The number of hydrogen-bond acceptors (Lipinski definition) is 4. The number of hydrogen-bond donors (Lipinski definition) is 1. The number of aromatic nitrogens is 2. The molecule has 2 N–H and O–H groups in total. The average Bonchev–Trinajstić information content (AvgIpc) is 3.08. The third-order valence-corrected chi connectivity index (χ3v) is 3.42. The molecule has 3 rings (SSSR count). The van der Waals surface area contributed by atoms with Crippen LogP contribution in [0, 0.1) is 0 Å². The zero-order chi connectivity index (χ0) is 13.2. The number of nitrogens with zero attached hydrogens (tertiary/aromatic N) is 2. The summed E-state index contributed by atoms with van der Waals surface area (Å²) in [5.41, 5.74) is 7.98. The van der Waals surface area contributed by atoms with E-state index in [0.717, 1.165) is 36.8 Å². The Morgan fingerprint density at radius 3 is 2.79 bits per heavy atom. The molecule has 1 saturated heterocycles. The van der Waals surface area contributed by atoms with Gasteiger partial charge in [0.1, 0.15) is 11.6 Å². The highest BCUT2D eigenvalue weighted by molar-refractivity contribution is 5.45. The molecule has 5 heteroatoms. The van der Waals surface area contributed by atoms with E-state index >= 15 is 0 Å². The number of benzene rings is 1. The number of anilines is 1. The van der Waals surface area contributed by atoms with Crippen molar-refractivity contribution < 1.29 is 9.47 Å². The minimum Gasteiger partial charge on any atom is -0.497 e. The predicted octanol–water partition coefficient (Wildman–Crippen LogP) is 1.97. The highest BCUT2D eigenvalue weighted by atomic mass is 16.5. The Kier molecular flexibility index (Phi) is 3.13. The normalized spacial score (nSPS) is 18.7. The van der Waals surface area contributed by atoms with Crippen LogP contribution in [0.25, 0.3) is 5.69 Å². The summed E-state index contributed by atoms with van der Waals surface area (Å²) in [5.74, 6) is 1.83. The quantitative estimate of drug-likeness (QED) is 0.915.